The predicted octanol–water partition coefficient (Wildman–Crippen LogP) is 5.69. The molecule has 1 aliphatic rings. The Morgan fingerprint density at radius 3 is 2.16 bits per heavy atom. The molecular weight excluding hydrogens is 308 g/mol. The highest BCUT2D eigenvalue weighted by Crippen LogP contribution is 2.45. The topological polar surface area (TPSA) is 24.5 Å². The predicted molar refractivity (Wildman–Crippen MR) is 106 cm³/mol. The van der Waals surface area contributed by atoms with Crippen LogP contribution in [0.5, 0.6) is 0 Å². The molecule has 0 fully saturated rings. The molecule has 0 aromatic heterocycles. The van der Waals surface area contributed by atoms with Gasteiger partial charge >= 0.3 is 0 Å². The van der Waals surface area contributed by atoms with E-state index in [1.54, 1.807) is 0 Å². The van der Waals surface area contributed by atoms with Crippen LogP contribution in [-0.4, -0.2) is 13.1 Å². The van der Waals surface area contributed by atoms with E-state index in [1.807, 2.05) is 0 Å². The van der Waals surface area contributed by atoms with Crippen LogP contribution in [0.25, 0.3) is 0 Å². The summed E-state index contributed by atoms with van der Waals surface area (Å²) in [6.45, 7) is 10.9. The summed E-state index contributed by atoms with van der Waals surface area (Å²) >= 11 is 0. The van der Waals surface area contributed by atoms with Crippen molar-refractivity contribution < 1.29 is 4.74 Å². The number of anilines is 2. The summed E-state index contributed by atoms with van der Waals surface area (Å²) in [6, 6.07) is 17.3. The number of hydrogen-bond acceptors (Lipinski definition) is 3. The van der Waals surface area contributed by atoms with Gasteiger partial charge in [0.1, 0.15) is 0 Å². The van der Waals surface area contributed by atoms with E-state index in [1.165, 1.54) is 22.5 Å². The van der Waals surface area contributed by atoms with Gasteiger partial charge in [0.25, 0.3) is 0 Å². The first-order chi connectivity index (χ1) is 12.2. The lowest BCUT2D eigenvalue weighted by Gasteiger charge is -2.43. The van der Waals surface area contributed by atoms with Crippen LogP contribution in [0, 0.1) is 0 Å². The summed E-state index contributed by atoms with van der Waals surface area (Å²) in [5.74, 6) is 0. The fraction of sp³-hybridized carbons (Fsp3) is 0.455. The number of hydrogen-bond donors (Lipinski definition) is 1. The average Bonchev–Trinajstić information content (AvgIpc) is 2.68. The molecule has 3 heteroatoms. The Kier molecular flexibility index (Phi) is 5.33. The van der Waals surface area contributed by atoms with Gasteiger partial charge in [0.05, 0.1) is 5.60 Å². The van der Waals surface area contributed by atoms with E-state index < -0.39 is 0 Å². The second-order valence-electron chi connectivity index (χ2n) is 6.65. The molecule has 0 saturated carbocycles. The normalized spacial score (nSPS) is 18.3. The van der Waals surface area contributed by atoms with Gasteiger partial charge in [-0.05, 0) is 44.9 Å². The minimum atomic E-state index is -0.218. The third-order valence-corrected chi connectivity index (χ3v) is 5.51. The highest BCUT2D eigenvalue weighted by atomic mass is 16.5. The summed E-state index contributed by atoms with van der Waals surface area (Å²) in [4.78, 5) is 2.36. The molecule has 134 valence electrons. The molecule has 1 heterocycles. The van der Waals surface area contributed by atoms with E-state index in [0.29, 0.717) is 0 Å². The Hall–Kier alpha value is -2.00. The Balaban J connectivity index is 1.91. The SMILES string of the molecule is CCN(CC)c1ccc(C2Nc3ccccc3C(CC)(CC)O2)cc1. The zero-order valence-electron chi connectivity index (χ0n) is 15.9. The van der Waals surface area contributed by atoms with Crippen molar-refractivity contribution in [2.45, 2.75) is 52.4 Å². The zero-order valence-corrected chi connectivity index (χ0v) is 15.9. The zero-order chi connectivity index (χ0) is 17.9. The van der Waals surface area contributed by atoms with Gasteiger partial charge in [-0.1, -0.05) is 44.2 Å². The fourth-order valence-corrected chi connectivity index (χ4v) is 3.86. The van der Waals surface area contributed by atoms with Crippen molar-refractivity contribution in [3.63, 3.8) is 0 Å². The molecule has 2 aromatic carbocycles. The van der Waals surface area contributed by atoms with E-state index >= 15 is 0 Å². The number of ether oxygens (including phenoxy) is 1. The number of benzene rings is 2. The lowest BCUT2D eigenvalue weighted by Crippen LogP contribution is -2.37. The van der Waals surface area contributed by atoms with Crippen LogP contribution < -0.4 is 10.2 Å². The molecule has 0 radical (unpaired) electrons. The fourth-order valence-electron chi connectivity index (χ4n) is 3.86. The molecule has 0 aliphatic carbocycles. The maximum absolute atomic E-state index is 6.61. The molecule has 3 rings (SSSR count). The van der Waals surface area contributed by atoms with Crippen LogP contribution in [-0.2, 0) is 10.3 Å². The Labute approximate surface area is 152 Å². The number of nitrogens with zero attached hydrogens (tertiary/aromatic N) is 1. The van der Waals surface area contributed by atoms with Crippen LogP contribution in [0.2, 0.25) is 0 Å². The first kappa shape index (κ1) is 17.8. The summed E-state index contributed by atoms with van der Waals surface area (Å²) < 4.78 is 6.61. The van der Waals surface area contributed by atoms with E-state index in [-0.39, 0.29) is 11.8 Å². The standard InChI is InChI=1S/C22H30N2O/c1-5-22(6-2)19-11-9-10-12-20(19)23-21(25-22)17-13-15-18(16-14-17)24(7-3)8-4/h9-16,21,23H,5-8H2,1-4H3. The highest BCUT2D eigenvalue weighted by molar-refractivity contribution is 5.57. The van der Waals surface area contributed by atoms with Gasteiger partial charge in [-0.25, -0.2) is 0 Å². The van der Waals surface area contributed by atoms with Gasteiger partial charge in [-0.3, -0.25) is 0 Å². The maximum Gasteiger partial charge on any atom is 0.155 e. The van der Waals surface area contributed by atoms with Crippen molar-refractivity contribution in [3.05, 3.63) is 59.7 Å². The van der Waals surface area contributed by atoms with E-state index in [9.17, 15) is 0 Å². The van der Waals surface area contributed by atoms with Gasteiger partial charge < -0.3 is 15.0 Å². The van der Waals surface area contributed by atoms with Crippen molar-refractivity contribution in [1.29, 1.82) is 0 Å². The van der Waals surface area contributed by atoms with Gasteiger partial charge in [0.15, 0.2) is 6.23 Å². The molecule has 1 unspecified atom stereocenters. The summed E-state index contributed by atoms with van der Waals surface area (Å²) in [6.07, 6.45) is 1.83. The smallest absolute Gasteiger partial charge is 0.155 e. The third kappa shape index (κ3) is 3.25. The van der Waals surface area contributed by atoms with Gasteiger partial charge in [-0.15, -0.1) is 0 Å². The largest absolute Gasteiger partial charge is 0.372 e. The van der Waals surface area contributed by atoms with Crippen LogP contribution in [0.3, 0.4) is 0 Å². The minimum absolute atomic E-state index is 0.111. The van der Waals surface area contributed by atoms with Crippen molar-refractivity contribution in [2.24, 2.45) is 0 Å². The van der Waals surface area contributed by atoms with Crippen LogP contribution in [0.1, 0.15) is 57.9 Å². The minimum Gasteiger partial charge on any atom is -0.372 e. The van der Waals surface area contributed by atoms with Crippen LogP contribution >= 0.6 is 0 Å². The van der Waals surface area contributed by atoms with Gasteiger partial charge in [0.2, 0.25) is 0 Å². The molecule has 0 bridgehead atoms. The molecular formula is C22H30N2O. The molecule has 1 N–H and O–H groups in total. The van der Waals surface area contributed by atoms with Crippen molar-refractivity contribution in [2.75, 3.05) is 23.3 Å². The molecule has 0 spiro atoms. The first-order valence-corrected chi connectivity index (χ1v) is 9.56. The average molecular weight is 338 g/mol. The Morgan fingerprint density at radius 2 is 1.56 bits per heavy atom. The third-order valence-electron chi connectivity index (χ3n) is 5.51. The lowest BCUT2D eigenvalue weighted by molar-refractivity contribution is -0.103. The van der Waals surface area contributed by atoms with E-state index in [2.05, 4.69) is 86.4 Å². The Bertz CT molecular complexity index is 687. The summed E-state index contributed by atoms with van der Waals surface area (Å²) in [5.41, 5.74) is 4.69. The Morgan fingerprint density at radius 1 is 0.920 bits per heavy atom. The van der Waals surface area contributed by atoms with Crippen molar-refractivity contribution in [3.8, 4) is 0 Å². The van der Waals surface area contributed by atoms with Crippen molar-refractivity contribution in [1.82, 2.24) is 0 Å². The maximum atomic E-state index is 6.61. The molecule has 1 atom stereocenters. The molecule has 2 aromatic rings. The van der Waals surface area contributed by atoms with Crippen LogP contribution in [0.15, 0.2) is 48.5 Å². The molecule has 0 saturated heterocycles. The number of rotatable bonds is 6. The first-order valence-electron chi connectivity index (χ1n) is 9.56. The number of nitrogens with one attached hydrogen (secondary N) is 1. The van der Waals surface area contributed by atoms with Gasteiger partial charge in [-0.2, -0.15) is 0 Å². The molecule has 0 amide bonds. The summed E-state index contributed by atoms with van der Waals surface area (Å²) in [5, 5.41) is 3.58. The number of para-hydroxylation sites is 1. The molecule has 3 nitrogen and oxygen atoms in total. The summed E-state index contributed by atoms with van der Waals surface area (Å²) in [7, 11) is 0. The second kappa shape index (κ2) is 7.49. The van der Waals surface area contributed by atoms with E-state index in [4.69, 9.17) is 4.74 Å². The molecule has 25 heavy (non-hydrogen) atoms. The van der Waals surface area contributed by atoms with Gasteiger partial charge in [0, 0.05) is 35.6 Å². The van der Waals surface area contributed by atoms with E-state index in [0.717, 1.165) is 25.9 Å². The number of fused-ring (bicyclic) bond motifs is 1. The lowest BCUT2D eigenvalue weighted by atomic mass is 9.85. The van der Waals surface area contributed by atoms with Crippen LogP contribution in [0.4, 0.5) is 11.4 Å². The monoisotopic (exact) mass is 338 g/mol. The van der Waals surface area contributed by atoms with Crippen molar-refractivity contribution >= 4 is 11.4 Å². The second-order valence-corrected chi connectivity index (χ2v) is 6.65. The quantitative estimate of drug-likeness (QED) is 0.732. The molecule has 1 aliphatic heterocycles. The highest BCUT2D eigenvalue weighted by Gasteiger charge is 2.38.